The van der Waals surface area contributed by atoms with Crippen LogP contribution in [0.2, 0.25) is 0 Å². The minimum Gasteiger partial charge on any atom is -0.490 e. The predicted molar refractivity (Wildman–Crippen MR) is 102 cm³/mol. The number of carbonyl (C=O) groups excluding carboxylic acids is 1. The van der Waals surface area contributed by atoms with Crippen LogP contribution in [0.5, 0.6) is 11.5 Å². The molecule has 0 saturated heterocycles. The van der Waals surface area contributed by atoms with Crippen molar-refractivity contribution in [1.82, 2.24) is 0 Å². The van der Waals surface area contributed by atoms with Crippen LogP contribution in [0, 0.1) is 0 Å². The summed E-state index contributed by atoms with van der Waals surface area (Å²) in [7, 11) is 0. The Hall–Kier alpha value is -2.14. The largest absolute Gasteiger partial charge is 0.490 e. The van der Waals surface area contributed by atoms with Gasteiger partial charge in [0.2, 0.25) is 0 Å². The summed E-state index contributed by atoms with van der Waals surface area (Å²) in [5, 5.41) is 0.485. The van der Waals surface area contributed by atoms with Crippen molar-refractivity contribution in [2.45, 2.75) is 30.4 Å². The van der Waals surface area contributed by atoms with Gasteiger partial charge in [-0.15, -0.1) is 11.8 Å². The van der Waals surface area contributed by atoms with Gasteiger partial charge in [0.05, 0.1) is 12.3 Å². The first-order valence-electron chi connectivity index (χ1n) is 8.59. The van der Waals surface area contributed by atoms with Gasteiger partial charge in [0.15, 0.2) is 18.1 Å². The quantitative estimate of drug-likeness (QED) is 0.796. The average Bonchev–Trinajstić information content (AvgIpc) is 2.79. The second-order valence-corrected chi connectivity index (χ2v) is 7.38. The van der Waals surface area contributed by atoms with E-state index in [1.54, 1.807) is 0 Å². The highest BCUT2D eigenvalue weighted by Gasteiger charge is 2.24. The Bertz CT molecular complexity index is 734. The molecule has 3 rings (SSSR count). The standard InChI is InChI=1S/C20H23NO3S/c1-3-23-17-9-5-6-10-18(17)24-14-20(22)21-13-12-15(2)25-19-11-7-4-8-16(19)21/h4-11,15H,3,12-14H2,1-2H3. The lowest BCUT2D eigenvalue weighted by molar-refractivity contribution is -0.120. The molecule has 25 heavy (non-hydrogen) atoms. The Morgan fingerprint density at radius 1 is 1.12 bits per heavy atom. The molecule has 0 radical (unpaired) electrons. The lowest BCUT2D eigenvalue weighted by Crippen LogP contribution is -2.36. The summed E-state index contributed by atoms with van der Waals surface area (Å²) in [6.07, 6.45) is 0.959. The van der Waals surface area contributed by atoms with E-state index in [9.17, 15) is 4.79 Å². The molecule has 1 aliphatic heterocycles. The summed E-state index contributed by atoms with van der Waals surface area (Å²) in [4.78, 5) is 15.8. The second kappa shape index (κ2) is 8.30. The van der Waals surface area contributed by atoms with Crippen LogP contribution in [0.25, 0.3) is 0 Å². The number of rotatable bonds is 5. The van der Waals surface area contributed by atoms with Gasteiger partial charge in [0, 0.05) is 16.7 Å². The predicted octanol–water partition coefficient (Wildman–Crippen LogP) is 4.38. The fourth-order valence-electron chi connectivity index (χ4n) is 2.81. The van der Waals surface area contributed by atoms with Crippen LogP contribution >= 0.6 is 11.8 Å². The van der Waals surface area contributed by atoms with Crippen molar-refractivity contribution in [3.05, 3.63) is 48.5 Å². The summed E-state index contributed by atoms with van der Waals surface area (Å²) in [5.41, 5.74) is 0.976. The number of hydrogen-bond acceptors (Lipinski definition) is 4. The molecule has 1 unspecified atom stereocenters. The number of para-hydroxylation sites is 3. The normalized spacial score (nSPS) is 16.7. The summed E-state index contributed by atoms with van der Waals surface area (Å²) < 4.78 is 11.3. The van der Waals surface area contributed by atoms with Crippen molar-refractivity contribution >= 4 is 23.4 Å². The Labute approximate surface area is 153 Å². The van der Waals surface area contributed by atoms with E-state index in [1.165, 1.54) is 0 Å². The Balaban J connectivity index is 1.73. The van der Waals surface area contributed by atoms with Gasteiger partial charge in [-0.1, -0.05) is 31.2 Å². The fourth-order valence-corrected chi connectivity index (χ4v) is 3.92. The Morgan fingerprint density at radius 2 is 1.80 bits per heavy atom. The summed E-state index contributed by atoms with van der Waals surface area (Å²) in [6, 6.07) is 15.5. The highest BCUT2D eigenvalue weighted by Crippen LogP contribution is 2.37. The third-order valence-corrected chi connectivity index (χ3v) is 5.28. The zero-order valence-electron chi connectivity index (χ0n) is 14.6. The number of nitrogens with zero attached hydrogens (tertiary/aromatic N) is 1. The molecule has 0 bridgehead atoms. The highest BCUT2D eigenvalue weighted by atomic mass is 32.2. The SMILES string of the molecule is CCOc1ccccc1OCC(=O)N1CCC(C)Sc2ccccc21. The third-order valence-electron chi connectivity index (χ3n) is 4.04. The molecule has 1 amide bonds. The zero-order valence-corrected chi connectivity index (χ0v) is 15.4. The minimum atomic E-state index is -0.0338. The molecule has 5 heteroatoms. The molecule has 0 spiro atoms. The lowest BCUT2D eigenvalue weighted by Gasteiger charge is -2.22. The molecule has 1 aliphatic rings. The summed E-state index contributed by atoms with van der Waals surface area (Å²) in [6.45, 7) is 5.39. The third kappa shape index (κ3) is 4.28. The molecule has 0 saturated carbocycles. The van der Waals surface area contributed by atoms with E-state index < -0.39 is 0 Å². The van der Waals surface area contributed by atoms with E-state index in [2.05, 4.69) is 13.0 Å². The number of fused-ring (bicyclic) bond motifs is 1. The molecule has 2 aromatic rings. The van der Waals surface area contributed by atoms with Gasteiger partial charge in [-0.05, 0) is 37.6 Å². The van der Waals surface area contributed by atoms with E-state index in [1.807, 2.05) is 66.1 Å². The average molecular weight is 357 g/mol. The van der Waals surface area contributed by atoms with Gasteiger partial charge in [0.1, 0.15) is 0 Å². The number of anilines is 1. The first-order valence-corrected chi connectivity index (χ1v) is 9.47. The molecule has 0 N–H and O–H groups in total. The highest BCUT2D eigenvalue weighted by molar-refractivity contribution is 8.00. The van der Waals surface area contributed by atoms with Crippen LogP contribution in [0.3, 0.4) is 0 Å². The van der Waals surface area contributed by atoms with Crippen LogP contribution in [-0.2, 0) is 4.79 Å². The molecule has 1 atom stereocenters. The van der Waals surface area contributed by atoms with Crippen LogP contribution < -0.4 is 14.4 Å². The second-order valence-electron chi connectivity index (χ2n) is 5.90. The molecule has 4 nitrogen and oxygen atoms in total. The maximum absolute atomic E-state index is 12.8. The van der Waals surface area contributed by atoms with Gasteiger partial charge in [-0.25, -0.2) is 0 Å². The number of thioether (sulfide) groups is 1. The molecule has 0 fully saturated rings. The van der Waals surface area contributed by atoms with Crippen molar-refractivity contribution in [3.8, 4) is 11.5 Å². The first kappa shape index (κ1) is 17.7. The Morgan fingerprint density at radius 3 is 2.56 bits per heavy atom. The molecule has 132 valence electrons. The maximum atomic E-state index is 12.8. The number of carbonyl (C=O) groups is 1. The van der Waals surface area contributed by atoms with Gasteiger partial charge >= 0.3 is 0 Å². The first-order chi connectivity index (χ1) is 12.2. The smallest absolute Gasteiger partial charge is 0.264 e. The van der Waals surface area contributed by atoms with Crippen LogP contribution in [-0.4, -0.2) is 30.9 Å². The van der Waals surface area contributed by atoms with E-state index in [0.29, 0.717) is 29.9 Å². The molecular formula is C20H23NO3S. The van der Waals surface area contributed by atoms with Crippen LogP contribution in [0.15, 0.2) is 53.4 Å². The number of ether oxygens (including phenoxy) is 2. The van der Waals surface area contributed by atoms with Gasteiger partial charge in [-0.3, -0.25) is 4.79 Å². The Kier molecular flexibility index (Phi) is 5.87. The van der Waals surface area contributed by atoms with E-state index in [0.717, 1.165) is 17.0 Å². The topological polar surface area (TPSA) is 38.8 Å². The van der Waals surface area contributed by atoms with Crippen LogP contribution in [0.1, 0.15) is 20.3 Å². The number of benzene rings is 2. The van der Waals surface area contributed by atoms with Crippen molar-refractivity contribution in [3.63, 3.8) is 0 Å². The molecule has 0 aromatic heterocycles. The van der Waals surface area contributed by atoms with E-state index >= 15 is 0 Å². The lowest BCUT2D eigenvalue weighted by atomic mass is 10.2. The van der Waals surface area contributed by atoms with Gasteiger partial charge < -0.3 is 14.4 Å². The molecule has 0 aliphatic carbocycles. The molecule has 2 aromatic carbocycles. The summed E-state index contributed by atoms with van der Waals surface area (Å²) in [5.74, 6) is 1.23. The van der Waals surface area contributed by atoms with E-state index in [-0.39, 0.29) is 12.5 Å². The zero-order chi connectivity index (χ0) is 17.6. The minimum absolute atomic E-state index is 0.00251. The van der Waals surface area contributed by atoms with Crippen LogP contribution in [0.4, 0.5) is 5.69 Å². The monoisotopic (exact) mass is 357 g/mol. The van der Waals surface area contributed by atoms with Crippen molar-refractivity contribution in [2.75, 3.05) is 24.7 Å². The number of amides is 1. The fraction of sp³-hybridized carbons (Fsp3) is 0.350. The number of hydrogen-bond donors (Lipinski definition) is 0. The maximum Gasteiger partial charge on any atom is 0.264 e. The van der Waals surface area contributed by atoms with Gasteiger partial charge in [-0.2, -0.15) is 0 Å². The van der Waals surface area contributed by atoms with Crippen molar-refractivity contribution < 1.29 is 14.3 Å². The summed E-state index contributed by atoms with van der Waals surface area (Å²) >= 11 is 1.82. The van der Waals surface area contributed by atoms with Gasteiger partial charge in [0.25, 0.3) is 5.91 Å². The van der Waals surface area contributed by atoms with Crippen molar-refractivity contribution in [2.24, 2.45) is 0 Å². The van der Waals surface area contributed by atoms with E-state index in [4.69, 9.17) is 9.47 Å². The van der Waals surface area contributed by atoms with Crippen molar-refractivity contribution in [1.29, 1.82) is 0 Å². The molecular weight excluding hydrogens is 334 g/mol. The molecule has 1 heterocycles.